The molecule has 0 saturated heterocycles. The Morgan fingerprint density at radius 3 is 1.88 bits per heavy atom. The van der Waals surface area contributed by atoms with Crippen LogP contribution in [0.3, 0.4) is 0 Å². The molecule has 0 N–H and O–H groups in total. The van der Waals surface area contributed by atoms with Gasteiger partial charge in [-0.05, 0) is 17.4 Å². The third-order valence-electron chi connectivity index (χ3n) is 6.54. The van der Waals surface area contributed by atoms with Crippen molar-refractivity contribution in [3.63, 3.8) is 0 Å². The zero-order chi connectivity index (χ0) is 24.1. The maximum Gasteiger partial charge on any atom is -0.172 e. The van der Waals surface area contributed by atoms with E-state index in [1.165, 1.54) is 65.5 Å². The number of hydrogen-bond donors (Lipinski definition) is 0. The van der Waals surface area contributed by atoms with Gasteiger partial charge in [-0.25, -0.2) is 12.1 Å². The third kappa shape index (κ3) is 7.52. The SMILES string of the molecule is CC(C)(C)c1c[c-]c2c(c1)-c1cc(C(C)(C)C)ccc1C2.[Zr+2]=[C]1CCCCC1.c1cc[cH-]c1. The standard InChI is InChI=1S/C21H25.C6H10.C5H5.Zr/c1-20(2,3)16-9-7-14-11-15-8-10-17(21(4,5)6)13-19(15)18(14)12-16;1-2-4-6-5-3-1;1-2-4-5-3-1;/h7,9-10,12-13H,11H2,1-6H3;1-5H2;1-5H;/q-1;;-1;+2. The maximum atomic E-state index is 3.53. The third-order valence-corrected chi connectivity index (χ3v) is 7.77. The smallest absolute Gasteiger partial charge is 0.172 e. The summed E-state index contributed by atoms with van der Waals surface area (Å²) in [5, 5.41) is 0. The first-order valence-corrected chi connectivity index (χ1v) is 13.7. The van der Waals surface area contributed by atoms with Crippen LogP contribution in [0.1, 0.15) is 95.9 Å². The van der Waals surface area contributed by atoms with Gasteiger partial charge in [0.15, 0.2) is 0 Å². The number of rotatable bonds is 0. The molecule has 1 fully saturated rings. The Kier molecular flexibility index (Phi) is 8.97. The fourth-order valence-electron chi connectivity index (χ4n) is 4.28. The molecule has 5 rings (SSSR count). The van der Waals surface area contributed by atoms with Gasteiger partial charge in [-0.2, -0.15) is 47.5 Å². The van der Waals surface area contributed by atoms with Crippen molar-refractivity contribution in [3.05, 3.63) is 89.0 Å². The number of benzene rings is 2. The van der Waals surface area contributed by atoms with Crippen LogP contribution in [-0.4, -0.2) is 3.21 Å². The van der Waals surface area contributed by atoms with Crippen LogP contribution in [0, 0.1) is 6.07 Å². The number of fused-ring (bicyclic) bond motifs is 3. The maximum absolute atomic E-state index is 3.53. The molecule has 3 aromatic carbocycles. The second kappa shape index (κ2) is 11.3. The minimum Gasteiger partial charge on any atom is -0.214 e. The van der Waals surface area contributed by atoms with Crippen molar-refractivity contribution in [3.8, 4) is 11.1 Å². The van der Waals surface area contributed by atoms with Crippen LogP contribution >= 0.6 is 0 Å². The minimum atomic E-state index is 0.177. The second-order valence-corrected chi connectivity index (χ2v) is 13.2. The molecule has 0 heterocycles. The summed E-state index contributed by atoms with van der Waals surface area (Å²) in [6.45, 7) is 13.6. The normalized spacial score (nSPS) is 15.0. The Morgan fingerprint density at radius 2 is 1.39 bits per heavy atom. The Balaban J connectivity index is 0.000000207. The van der Waals surface area contributed by atoms with E-state index in [1.54, 1.807) is 27.4 Å². The molecule has 2 aliphatic carbocycles. The summed E-state index contributed by atoms with van der Waals surface area (Å²) >= 11 is 1.69. The quantitative estimate of drug-likeness (QED) is 0.205. The van der Waals surface area contributed by atoms with E-state index in [2.05, 4.69) is 77.9 Å². The topological polar surface area (TPSA) is 0 Å². The molecule has 0 aliphatic heterocycles. The molecular formula is C32H40Zr. The Hall–Kier alpha value is -1.46. The average Bonchev–Trinajstić information content (AvgIpc) is 3.44. The monoisotopic (exact) mass is 514 g/mol. The molecule has 0 amide bonds. The van der Waals surface area contributed by atoms with Crippen molar-refractivity contribution >= 4 is 3.21 Å². The van der Waals surface area contributed by atoms with Crippen LogP contribution in [0.5, 0.6) is 0 Å². The minimum absolute atomic E-state index is 0.177. The van der Waals surface area contributed by atoms with Gasteiger partial charge in [0.25, 0.3) is 0 Å². The van der Waals surface area contributed by atoms with E-state index in [4.69, 9.17) is 0 Å². The fraction of sp³-hybridized carbons (Fsp3) is 0.438. The first-order valence-electron chi connectivity index (χ1n) is 12.5. The molecule has 0 nitrogen and oxygen atoms in total. The zero-order valence-corrected chi connectivity index (χ0v) is 24.0. The van der Waals surface area contributed by atoms with Crippen LogP contribution in [0.4, 0.5) is 0 Å². The Morgan fingerprint density at radius 1 is 0.788 bits per heavy atom. The Labute approximate surface area is 217 Å². The van der Waals surface area contributed by atoms with Gasteiger partial charge in [-0.15, -0.1) is 5.56 Å². The summed E-state index contributed by atoms with van der Waals surface area (Å²) in [4.78, 5) is 0. The largest absolute Gasteiger partial charge is 0.214 e. The van der Waals surface area contributed by atoms with Crippen molar-refractivity contribution in [1.29, 1.82) is 0 Å². The molecule has 3 aromatic rings. The average molecular weight is 516 g/mol. The van der Waals surface area contributed by atoms with E-state index >= 15 is 0 Å². The van der Waals surface area contributed by atoms with E-state index in [-0.39, 0.29) is 10.8 Å². The summed E-state index contributed by atoms with van der Waals surface area (Å²) in [5.74, 6) is 0. The molecule has 0 aromatic heterocycles. The summed E-state index contributed by atoms with van der Waals surface area (Å²) < 4.78 is 1.80. The molecule has 172 valence electrons. The van der Waals surface area contributed by atoms with E-state index in [0.717, 1.165) is 6.42 Å². The molecule has 33 heavy (non-hydrogen) atoms. The van der Waals surface area contributed by atoms with Gasteiger partial charge in [-0.3, -0.25) is 0 Å². The summed E-state index contributed by atoms with van der Waals surface area (Å²) in [7, 11) is 0. The molecule has 0 bridgehead atoms. The molecule has 0 atom stereocenters. The van der Waals surface area contributed by atoms with Crippen molar-refractivity contribution in [2.45, 2.75) is 90.9 Å². The van der Waals surface area contributed by atoms with Crippen molar-refractivity contribution in [2.75, 3.05) is 0 Å². The van der Waals surface area contributed by atoms with E-state index in [0.29, 0.717) is 0 Å². The second-order valence-electron chi connectivity index (χ2n) is 11.5. The van der Waals surface area contributed by atoms with Crippen molar-refractivity contribution in [1.82, 2.24) is 0 Å². The molecule has 0 spiro atoms. The van der Waals surface area contributed by atoms with Crippen LogP contribution in [-0.2, 0) is 41.5 Å². The van der Waals surface area contributed by atoms with Gasteiger partial charge < -0.3 is 0 Å². The van der Waals surface area contributed by atoms with Crippen LogP contribution in [0.2, 0.25) is 0 Å². The van der Waals surface area contributed by atoms with Crippen molar-refractivity contribution < 1.29 is 24.2 Å². The van der Waals surface area contributed by atoms with E-state index in [1.807, 2.05) is 30.3 Å². The Bertz CT molecular complexity index is 952. The van der Waals surface area contributed by atoms with Crippen LogP contribution in [0.25, 0.3) is 11.1 Å². The first-order chi connectivity index (χ1) is 15.6. The predicted molar refractivity (Wildman–Crippen MR) is 141 cm³/mol. The molecule has 0 unspecified atom stereocenters. The fourth-order valence-corrected chi connectivity index (χ4v) is 5.15. The summed E-state index contributed by atoms with van der Waals surface area (Å²) in [6.07, 6.45) is 8.34. The van der Waals surface area contributed by atoms with E-state index in [9.17, 15) is 0 Å². The van der Waals surface area contributed by atoms with Gasteiger partial charge in [0, 0.05) is 0 Å². The van der Waals surface area contributed by atoms with Gasteiger partial charge in [0.2, 0.25) is 0 Å². The summed E-state index contributed by atoms with van der Waals surface area (Å²) in [5.41, 5.74) is 8.76. The molecular weight excluding hydrogens is 476 g/mol. The first kappa shape index (κ1) is 26.2. The van der Waals surface area contributed by atoms with Gasteiger partial charge >= 0.3 is 59.5 Å². The van der Waals surface area contributed by atoms with Gasteiger partial charge in [0.1, 0.15) is 0 Å². The molecule has 2 aliphatic rings. The summed E-state index contributed by atoms with van der Waals surface area (Å²) in [6, 6.07) is 25.1. The molecule has 1 saturated carbocycles. The zero-order valence-electron chi connectivity index (χ0n) is 21.5. The molecule has 0 radical (unpaired) electrons. The van der Waals surface area contributed by atoms with Crippen LogP contribution < -0.4 is 0 Å². The molecule has 1 heteroatoms. The van der Waals surface area contributed by atoms with Crippen LogP contribution in [0.15, 0.2) is 60.7 Å². The van der Waals surface area contributed by atoms with E-state index < -0.39 is 0 Å². The number of hydrogen-bond acceptors (Lipinski definition) is 0. The predicted octanol–water partition coefficient (Wildman–Crippen LogP) is 8.73. The van der Waals surface area contributed by atoms with Crippen molar-refractivity contribution in [2.24, 2.45) is 0 Å². The van der Waals surface area contributed by atoms with Gasteiger partial charge in [-0.1, -0.05) is 76.3 Å². The van der Waals surface area contributed by atoms with Gasteiger partial charge in [0.05, 0.1) is 0 Å².